The molecule has 0 atom stereocenters. The lowest BCUT2D eigenvalue weighted by Gasteiger charge is -2.34. The lowest BCUT2D eigenvalue weighted by Crippen LogP contribution is -2.44. The fourth-order valence-corrected chi connectivity index (χ4v) is 1.37. The van der Waals surface area contributed by atoms with Gasteiger partial charge in [0.15, 0.2) is 0 Å². The second-order valence-electron chi connectivity index (χ2n) is 4.66. The quantitative estimate of drug-likeness (QED) is 0.499. The van der Waals surface area contributed by atoms with Gasteiger partial charge in [0.2, 0.25) is 0 Å². The van der Waals surface area contributed by atoms with Crippen LogP contribution in [0.3, 0.4) is 0 Å². The summed E-state index contributed by atoms with van der Waals surface area (Å²) >= 11 is 0. The number of rotatable bonds is 7. The molecule has 0 rings (SSSR count). The maximum atomic E-state index is 3.80. The molecule has 2 heteroatoms. The van der Waals surface area contributed by atoms with Crippen molar-refractivity contribution in [2.24, 2.45) is 0 Å². The van der Waals surface area contributed by atoms with E-state index >= 15 is 0 Å². The predicted molar refractivity (Wildman–Crippen MR) is 64.7 cm³/mol. The third-order valence-corrected chi connectivity index (χ3v) is 2.28. The highest BCUT2D eigenvalue weighted by Gasteiger charge is 2.18. The molecular weight excluding hydrogens is 172 g/mol. The zero-order valence-corrected chi connectivity index (χ0v) is 10.3. The lowest BCUT2D eigenvalue weighted by molar-refractivity contribution is 0.155. The summed E-state index contributed by atoms with van der Waals surface area (Å²) in [5.74, 6) is 0. The van der Waals surface area contributed by atoms with Crippen LogP contribution in [0.25, 0.3) is 0 Å². The molecule has 0 fully saturated rings. The van der Waals surface area contributed by atoms with E-state index in [1.165, 1.54) is 6.42 Å². The van der Waals surface area contributed by atoms with Gasteiger partial charge in [0.05, 0.1) is 0 Å². The first-order valence-electron chi connectivity index (χ1n) is 5.59. The van der Waals surface area contributed by atoms with Crippen molar-refractivity contribution in [1.29, 1.82) is 0 Å². The van der Waals surface area contributed by atoms with Crippen LogP contribution in [0.1, 0.15) is 34.1 Å². The minimum atomic E-state index is 0.238. The molecule has 84 valence electrons. The molecule has 0 saturated heterocycles. The fraction of sp³-hybridized carbons (Fsp3) is 0.833. The van der Waals surface area contributed by atoms with Gasteiger partial charge in [-0.15, -0.1) is 6.58 Å². The number of nitrogens with one attached hydrogen (secondary N) is 1. The summed E-state index contributed by atoms with van der Waals surface area (Å²) in [4.78, 5) is 2.43. The highest BCUT2D eigenvalue weighted by atomic mass is 15.2. The highest BCUT2D eigenvalue weighted by molar-refractivity contribution is 4.83. The first-order chi connectivity index (χ1) is 6.52. The van der Waals surface area contributed by atoms with Crippen LogP contribution in [-0.4, -0.2) is 36.6 Å². The van der Waals surface area contributed by atoms with Crippen LogP contribution in [-0.2, 0) is 0 Å². The summed E-state index contributed by atoms with van der Waals surface area (Å²) in [7, 11) is 0. The van der Waals surface area contributed by atoms with Gasteiger partial charge in [0.1, 0.15) is 0 Å². The van der Waals surface area contributed by atoms with Crippen LogP contribution in [0, 0.1) is 0 Å². The molecule has 0 unspecified atom stereocenters. The maximum absolute atomic E-state index is 3.80. The minimum Gasteiger partial charge on any atom is -0.315 e. The van der Waals surface area contributed by atoms with Crippen LogP contribution < -0.4 is 5.32 Å². The van der Waals surface area contributed by atoms with E-state index in [9.17, 15) is 0 Å². The predicted octanol–water partition coefficient (Wildman–Crippen LogP) is 2.27. The van der Waals surface area contributed by atoms with Crippen LogP contribution in [0.4, 0.5) is 0 Å². The Morgan fingerprint density at radius 2 is 1.93 bits per heavy atom. The van der Waals surface area contributed by atoms with Gasteiger partial charge in [-0.2, -0.15) is 0 Å². The van der Waals surface area contributed by atoms with Crippen molar-refractivity contribution in [2.75, 3.05) is 26.2 Å². The maximum Gasteiger partial charge on any atom is 0.0166 e. The molecule has 0 radical (unpaired) electrons. The van der Waals surface area contributed by atoms with E-state index in [-0.39, 0.29) is 5.54 Å². The molecule has 0 aliphatic rings. The van der Waals surface area contributed by atoms with Gasteiger partial charge >= 0.3 is 0 Å². The molecule has 0 aliphatic heterocycles. The van der Waals surface area contributed by atoms with Crippen molar-refractivity contribution in [3.8, 4) is 0 Å². The van der Waals surface area contributed by atoms with Gasteiger partial charge in [0, 0.05) is 25.2 Å². The Morgan fingerprint density at radius 1 is 1.29 bits per heavy atom. The minimum absolute atomic E-state index is 0.238. The smallest absolute Gasteiger partial charge is 0.0166 e. The van der Waals surface area contributed by atoms with Crippen molar-refractivity contribution in [1.82, 2.24) is 10.2 Å². The molecular formula is C12H26N2. The zero-order valence-electron chi connectivity index (χ0n) is 10.3. The molecule has 0 saturated carbocycles. The third-order valence-electron chi connectivity index (χ3n) is 2.28. The average Bonchev–Trinajstić information content (AvgIpc) is 2.08. The number of hydrogen-bond donors (Lipinski definition) is 1. The summed E-state index contributed by atoms with van der Waals surface area (Å²) in [5, 5.41) is 3.42. The summed E-state index contributed by atoms with van der Waals surface area (Å²) in [5.41, 5.74) is 0.238. The summed E-state index contributed by atoms with van der Waals surface area (Å²) < 4.78 is 0. The molecule has 0 heterocycles. The van der Waals surface area contributed by atoms with E-state index in [1.54, 1.807) is 0 Å². The molecule has 14 heavy (non-hydrogen) atoms. The lowest BCUT2D eigenvalue weighted by atomic mass is 10.1. The Morgan fingerprint density at radius 3 is 2.36 bits per heavy atom. The topological polar surface area (TPSA) is 15.3 Å². The fourth-order valence-electron chi connectivity index (χ4n) is 1.37. The van der Waals surface area contributed by atoms with Gasteiger partial charge < -0.3 is 5.32 Å². The van der Waals surface area contributed by atoms with Crippen molar-refractivity contribution in [3.05, 3.63) is 12.7 Å². The monoisotopic (exact) mass is 198 g/mol. The normalized spacial score (nSPS) is 12.1. The zero-order chi connectivity index (χ0) is 11.0. The van der Waals surface area contributed by atoms with Crippen molar-refractivity contribution in [3.63, 3.8) is 0 Å². The Hall–Kier alpha value is -0.340. The first kappa shape index (κ1) is 13.7. The Kier molecular flexibility index (Phi) is 6.85. The van der Waals surface area contributed by atoms with E-state index in [4.69, 9.17) is 0 Å². The SMILES string of the molecule is C=CCN(CCNCCC)C(C)(C)C. The van der Waals surface area contributed by atoms with Crippen molar-refractivity contribution < 1.29 is 0 Å². The van der Waals surface area contributed by atoms with E-state index in [0.717, 1.165) is 26.2 Å². The molecule has 0 aromatic carbocycles. The van der Waals surface area contributed by atoms with Crippen LogP contribution in [0.15, 0.2) is 12.7 Å². The first-order valence-corrected chi connectivity index (χ1v) is 5.59. The van der Waals surface area contributed by atoms with Gasteiger partial charge in [-0.25, -0.2) is 0 Å². The summed E-state index contributed by atoms with van der Waals surface area (Å²) in [6, 6.07) is 0. The Balaban J connectivity index is 3.80. The standard InChI is InChI=1S/C12H26N2/c1-6-8-13-9-11-14(10-7-2)12(3,4)5/h7,13H,2,6,8-11H2,1,3-5H3. The van der Waals surface area contributed by atoms with Crippen LogP contribution >= 0.6 is 0 Å². The number of nitrogens with zero attached hydrogens (tertiary/aromatic N) is 1. The van der Waals surface area contributed by atoms with E-state index in [0.29, 0.717) is 0 Å². The molecule has 0 aromatic heterocycles. The van der Waals surface area contributed by atoms with Crippen LogP contribution in [0.5, 0.6) is 0 Å². The molecule has 0 aliphatic carbocycles. The van der Waals surface area contributed by atoms with E-state index < -0.39 is 0 Å². The molecule has 0 aromatic rings. The average molecular weight is 198 g/mol. The molecule has 0 bridgehead atoms. The largest absolute Gasteiger partial charge is 0.315 e. The Labute approximate surface area is 89.4 Å². The van der Waals surface area contributed by atoms with E-state index in [1.807, 2.05) is 6.08 Å². The number of hydrogen-bond acceptors (Lipinski definition) is 2. The Bertz CT molecular complexity index is 147. The second-order valence-corrected chi connectivity index (χ2v) is 4.66. The van der Waals surface area contributed by atoms with Gasteiger partial charge in [-0.3, -0.25) is 4.90 Å². The molecule has 2 nitrogen and oxygen atoms in total. The van der Waals surface area contributed by atoms with Gasteiger partial charge in [-0.05, 0) is 33.7 Å². The van der Waals surface area contributed by atoms with Gasteiger partial charge in [-0.1, -0.05) is 13.0 Å². The van der Waals surface area contributed by atoms with Crippen molar-refractivity contribution >= 4 is 0 Å². The van der Waals surface area contributed by atoms with Crippen molar-refractivity contribution in [2.45, 2.75) is 39.7 Å². The molecule has 1 N–H and O–H groups in total. The molecule has 0 spiro atoms. The van der Waals surface area contributed by atoms with E-state index in [2.05, 4.69) is 44.5 Å². The highest BCUT2D eigenvalue weighted by Crippen LogP contribution is 2.11. The van der Waals surface area contributed by atoms with Gasteiger partial charge in [0.25, 0.3) is 0 Å². The summed E-state index contributed by atoms with van der Waals surface area (Å²) in [6.07, 6.45) is 3.18. The molecule has 0 amide bonds. The second kappa shape index (κ2) is 7.02. The van der Waals surface area contributed by atoms with Crippen LogP contribution in [0.2, 0.25) is 0 Å². The summed E-state index contributed by atoms with van der Waals surface area (Å²) in [6.45, 7) is 17.0. The third kappa shape index (κ3) is 6.17.